The quantitative estimate of drug-likeness (QED) is 0.626. The highest BCUT2D eigenvalue weighted by molar-refractivity contribution is 9.10. The number of carbonyl (C=O) groups is 1. The molecule has 2 aromatic rings. The highest BCUT2D eigenvalue weighted by atomic mass is 79.9. The standard InChI is InChI=1S/C14H12BrNOS/c1-10-5-11(8-16-7-10)14(17)9-18-13-4-2-3-12(15)6-13/h2-8H,9H2,1H3. The number of aryl methyl sites for hydroxylation is 1. The fourth-order valence-electron chi connectivity index (χ4n) is 1.50. The first-order valence-electron chi connectivity index (χ1n) is 5.48. The largest absolute Gasteiger partial charge is 0.293 e. The van der Waals surface area contributed by atoms with Gasteiger partial charge in [-0.15, -0.1) is 11.8 Å². The highest BCUT2D eigenvalue weighted by Crippen LogP contribution is 2.22. The molecule has 0 amide bonds. The number of rotatable bonds is 4. The van der Waals surface area contributed by atoms with E-state index in [9.17, 15) is 4.79 Å². The number of pyridine rings is 1. The van der Waals surface area contributed by atoms with E-state index in [1.54, 1.807) is 12.4 Å². The minimum Gasteiger partial charge on any atom is -0.293 e. The van der Waals surface area contributed by atoms with E-state index in [0.717, 1.165) is 14.9 Å². The minimum absolute atomic E-state index is 0.108. The van der Waals surface area contributed by atoms with Crippen LogP contribution in [0.2, 0.25) is 0 Å². The Kier molecular flexibility index (Phi) is 4.55. The van der Waals surface area contributed by atoms with Gasteiger partial charge in [-0.05, 0) is 36.8 Å². The van der Waals surface area contributed by atoms with Gasteiger partial charge >= 0.3 is 0 Å². The maximum Gasteiger partial charge on any atom is 0.174 e. The Morgan fingerprint density at radius 2 is 2.17 bits per heavy atom. The van der Waals surface area contributed by atoms with Crippen LogP contribution in [-0.2, 0) is 0 Å². The lowest BCUT2D eigenvalue weighted by molar-refractivity contribution is 0.102. The molecule has 2 rings (SSSR count). The van der Waals surface area contributed by atoms with Crippen molar-refractivity contribution in [3.05, 3.63) is 58.3 Å². The van der Waals surface area contributed by atoms with Crippen molar-refractivity contribution in [2.24, 2.45) is 0 Å². The van der Waals surface area contributed by atoms with Crippen LogP contribution >= 0.6 is 27.7 Å². The number of nitrogens with zero attached hydrogens (tertiary/aromatic N) is 1. The molecule has 0 aliphatic carbocycles. The van der Waals surface area contributed by atoms with Gasteiger partial charge in [-0.25, -0.2) is 0 Å². The number of ketones is 1. The van der Waals surface area contributed by atoms with Crippen molar-refractivity contribution in [3.8, 4) is 0 Å². The molecular weight excluding hydrogens is 310 g/mol. The lowest BCUT2D eigenvalue weighted by Gasteiger charge is -2.02. The van der Waals surface area contributed by atoms with E-state index in [-0.39, 0.29) is 5.78 Å². The summed E-state index contributed by atoms with van der Waals surface area (Å²) in [5, 5.41) is 0. The Morgan fingerprint density at radius 1 is 1.33 bits per heavy atom. The second-order valence-corrected chi connectivity index (χ2v) is 5.88. The molecule has 0 aliphatic rings. The number of halogens is 1. The van der Waals surface area contributed by atoms with Gasteiger partial charge in [0.15, 0.2) is 5.78 Å². The molecule has 92 valence electrons. The Labute approximate surface area is 119 Å². The monoisotopic (exact) mass is 321 g/mol. The van der Waals surface area contributed by atoms with Crippen molar-refractivity contribution in [3.63, 3.8) is 0 Å². The Morgan fingerprint density at radius 3 is 2.89 bits per heavy atom. The van der Waals surface area contributed by atoms with Gasteiger partial charge < -0.3 is 0 Å². The maximum atomic E-state index is 12.0. The molecule has 1 heterocycles. The van der Waals surface area contributed by atoms with Crippen LogP contribution in [0.5, 0.6) is 0 Å². The van der Waals surface area contributed by atoms with Crippen LogP contribution in [0.15, 0.2) is 52.1 Å². The van der Waals surface area contributed by atoms with Crippen LogP contribution in [0, 0.1) is 6.92 Å². The zero-order valence-electron chi connectivity index (χ0n) is 9.89. The Bertz CT molecular complexity index is 571. The summed E-state index contributed by atoms with van der Waals surface area (Å²) in [6, 6.07) is 9.81. The van der Waals surface area contributed by atoms with Gasteiger partial charge in [0, 0.05) is 27.3 Å². The molecule has 0 saturated heterocycles. The topological polar surface area (TPSA) is 30.0 Å². The van der Waals surface area contributed by atoms with E-state index < -0.39 is 0 Å². The van der Waals surface area contributed by atoms with Gasteiger partial charge in [0.25, 0.3) is 0 Å². The first kappa shape index (κ1) is 13.3. The van der Waals surface area contributed by atoms with Gasteiger partial charge in [-0.3, -0.25) is 9.78 Å². The number of thioether (sulfide) groups is 1. The van der Waals surface area contributed by atoms with Crippen LogP contribution in [-0.4, -0.2) is 16.5 Å². The summed E-state index contributed by atoms with van der Waals surface area (Å²) in [7, 11) is 0. The molecule has 0 aliphatic heterocycles. The van der Waals surface area contributed by atoms with Crippen LogP contribution in [0.1, 0.15) is 15.9 Å². The van der Waals surface area contributed by atoms with Crippen molar-refractivity contribution < 1.29 is 4.79 Å². The van der Waals surface area contributed by atoms with Crippen molar-refractivity contribution in [1.29, 1.82) is 0 Å². The summed E-state index contributed by atoms with van der Waals surface area (Å²) >= 11 is 4.95. The number of Topliss-reactive ketones (excluding diaryl/α,β-unsaturated/α-hetero) is 1. The van der Waals surface area contributed by atoms with Crippen molar-refractivity contribution in [2.45, 2.75) is 11.8 Å². The molecule has 1 aromatic carbocycles. The normalized spacial score (nSPS) is 10.3. The molecule has 0 unspecified atom stereocenters. The van der Waals surface area contributed by atoms with E-state index in [1.165, 1.54) is 11.8 Å². The van der Waals surface area contributed by atoms with E-state index in [0.29, 0.717) is 11.3 Å². The van der Waals surface area contributed by atoms with Crippen molar-refractivity contribution in [1.82, 2.24) is 4.98 Å². The van der Waals surface area contributed by atoms with Gasteiger partial charge in [-0.2, -0.15) is 0 Å². The fourth-order valence-corrected chi connectivity index (χ4v) is 2.90. The molecule has 0 saturated carbocycles. The van der Waals surface area contributed by atoms with Crippen LogP contribution in [0.3, 0.4) is 0 Å². The number of carbonyl (C=O) groups excluding carboxylic acids is 1. The fraction of sp³-hybridized carbons (Fsp3) is 0.143. The zero-order valence-corrected chi connectivity index (χ0v) is 12.3. The average Bonchev–Trinajstić information content (AvgIpc) is 2.36. The molecule has 0 radical (unpaired) electrons. The Balaban J connectivity index is 2.00. The summed E-state index contributed by atoms with van der Waals surface area (Å²) in [5.41, 5.74) is 1.69. The third kappa shape index (κ3) is 3.68. The summed E-state index contributed by atoms with van der Waals surface area (Å²) < 4.78 is 1.03. The van der Waals surface area contributed by atoms with Crippen molar-refractivity contribution >= 4 is 33.5 Å². The molecule has 0 spiro atoms. The lowest BCUT2D eigenvalue weighted by atomic mass is 10.2. The summed E-state index contributed by atoms with van der Waals surface area (Å²) in [6.07, 6.45) is 3.37. The third-order valence-corrected chi connectivity index (χ3v) is 3.85. The average molecular weight is 322 g/mol. The predicted octanol–water partition coefficient (Wildman–Crippen LogP) is 4.13. The number of aromatic nitrogens is 1. The van der Waals surface area contributed by atoms with Crippen molar-refractivity contribution in [2.75, 3.05) is 5.75 Å². The second kappa shape index (κ2) is 6.16. The van der Waals surface area contributed by atoms with Gasteiger partial charge in [0.1, 0.15) is 0 Å². The van der Waals surface area contributed by atoms with E-state index >= 15 is 0 Å². The van der Waals surface area contributed by atoms with Gasteiger partial charge in [0.05, 0.1) is 5.75 Å². The van der Waals surface area contributed by atoms with Crippen LogP contribution < -0.4 is 0 Å². The molecule has 0 fully saturated rings. The number of hydrogen-bond acceptors (Lipinski definition) is 3. The number of hydrogen-bond donors (Lipinski definition) is 0. The summed E-state index contributed by atoms with van der Waals surface area (Å²) in [5.74, 6) is 0.540. The molecule has 2 nitrogen and oxygen atoms in total. The van der Waals surface area contributed by atoms with E-state index in [2.05, 4.69) is 20.9 Å². The minimum atomic E-state index is 0.108. The highest BCUT2D eigenvalue weighted by Gasteiger charge is 2.07. The molecule has 18 heavy (non-hydrogen) atoms. The molecular formula is C14H12BrNOS. The number of benzene rings is 1. The second-order valence-electron chi connectivity index (χ2n) is 3.92. The smallest absolute Gasteiger partial charge is 0.174 e. The molecule has 4 heteroatoms. The van der Waals surface area contributed by atoms with Crippen LogP contribution in [0.4, 0.5) is 0 Å². The predicted molar refractivity (Wildman–Crippen MR) is 78.2 cm³/mol. The molecule has 0 bridgehead atoms. The first-order valence-corrected chi connectivity index (χ1v) is 7.26. The van der Waals surface area contributed by atoms with Gasteiger partial charge in [-0.1, -0.05) is 22.0 Å². The summed E-state index contributed by atoms with van der Waals surface area (Å²) in [4.78, 5) is 17.1. The third-order valence-electron chi connectivity index (χ3n) is 2.36. The molecule has 1 aromatic heterocycles. The van der Waals surface area contributed by atoms with Crippen LogP contribution in [0.25, 0.3) is 0 Å². The van der Waals surface area contributed by atoms with Gasteiger partial charge in [0.2, 0.25) is 0 Å². The molecule has 0 atom stereocenters. The zero-order chi connectivity index (χ0) is 13.0. The molecule has 0 N–H and O–H groups in total. The lowest BCUT2D eigenvalue weighted by Crippen LogP contribution is -2.03. The SMILES string of the molecule is Cc1cncc(C(=O)CSc2cccc(Br)c2)c1. The van der Waals surface area contributed by atoms with E-state index in [4.69, 9.17) is 0 Å². The van der Waals surface area contributed by atoms with E-state index in [1.807, 2.05) is 37.3 Å². The Hall–Kier alpha value is -1.13. The summed E-state index contributed by atoms with van der Waals surface area (Å²) in [6.45, 7) is 1.94. The maximum absolute atomic E-state index is 12.0. The first-order chi connectivity index (χ1) is 8.65.